The molecule has 0 saturated heterocycles. The number of nitrogens with two attached hydrogens (primary N) is 1. The molecule has 1 aliphatic heterocycles. The molecule has 3 aromatic rings. The number of carbonyl (C=O) groups excluding carboxylic acids is 1. The Morgan fingerprint density at radius 1 is 1.23 bits per heavy atom. The van der Waals surface area contributed by atoms with E-state index < -0.39 is 29.5 Å². The Kier molecular flexibility index (Phi) is 2.63. The van der Waals surface area contributed by atoms with Crippen molar-refractivity contribution in [1.29, 1.82) is 0 Å². The van der Waals surface area contributed by atoms with E-state index in [1.54, 1.807) is 12.1 Å². The van der Waals surface area contributed by atoms with Crippen LogP contribution in [0.4, 0.5) is 14.5 Å². The summed E-state index contributed by atoms with van der Waals surface area (Å²) in [7, 11) is 0. The van der Waals surface area contributed by atoms with Gasteiger partial charge in [0.05, 0.1) is 5.69 Å². The highest BCUT2D eigenvalue weighted by Gasteiger charge is 2.36. The molecule has 3 N–H and O–H groups in total. The Morgan fingerprint density at radius 3 is 2.73 bits per heavy atom. The molecule has 0 radical (unpaired) electrons. The maximum absolute atomic E-state index is 14.2. The van der Waals surface area contributed by atoms with Gasteiger partial charge in [0.25, 0.3) is 0 Å². The summed E-state index contributed by atoms with van der Waals surface area (Å²) < 4.78 is 32.9. The van der Waals surface area contributed by atoms with Gasteiger partial charge in [-0.25, -0.2) is 8.78 Å². The molecule has 1 aliphatic rings. The minimum Gasteiger partial charge on any atom is -0.455 e. The summed E-state index contributed by atoms with van der Waals surface area (Å²) in [4.78, 5) is 11.6. The second kappa shape index (κ2) is 4.43. The molecule has 2 bridgehead atoms. The first-order valence-electron chi connectivity index (χ1n) is 6.90. The van der Waals surface area contributed by atoms with Gasteiger partial charge in [-0.2, -0.15) is 0 Å². The van der Waals surface area contributed by atoms with Gasteiger partial charge in [0.2, 0.25) is 5.91 Å². The molecule has 2 atom stereocenters. The van der Waals surface area contributed by atoms with Crippen molar-refractivity contribution in [2.75, 3.05) is 5.32 Å². The molecule has 22 heavy (non-hydrogen) atoms. The lowest BCUT2D eigenvalue weighted by atomic mass is 9.81. The average Bonchev–Trinajstić information content (AvgIpc) is 3.08. The molecule has 1 amide bonds. The van der Waals surface area contributed by atoms with Crippen LogP contribution in [0.2, 0.25) is 0 Å². The molecular formula is C16H12F2N2O2. The largest absolute Gasteiger partial charge is 0.455 e. The van der Waals surface area contributed by atoms with Crippen LogP contribution in [-0.2, 0) is 4.79 Å². The highest BCUT2D eigenvalue weighted by molar-refractivity contribution is 5.92. The normalized spacial score (nSPS) is 20.8. The molecule has 2 unspecified atom stereocenters. The number of hydrogen-bond donors (Lipinski definition) is 2. The first-order chi connectivity index (χ1) is 10.5. The van der Waals surface area contributed by atoms with Crippen molar-refractivity contribution in [2.45, 2.75) is 18.4 Å². The summed E-state index contributed by atoms with van der Waals surface area (Å²) in [6.07, 6.45) is 0.296. The number of hydrogen-bond acceptors (Lipinski definition) is 3. The van der Waals surface area contributed by atoms with Gasteiger partial charge in [-0.1, -0.05) is 6.07 Å². The first-order valence-corrected chi connectivity index (χ1v) is 6.90. The molecule has 112 valence electrons. The first kappa shape index (κ1) is 13.1. The van der Waals surface area contributed by atoms with Crippen molar-refractivity contribution in [1.82, 2.24) is 0 Å². The molecule has 3 heterocycles. The van der Waals surface area contributed by atoms with Crippen LogP contribution in [0.1, 0.15) is 23.5 Å². The fraction of sp³-hybridized carbons (Fsp3) is 0.188. The summed E-state index contributed by atoms with van der Waals surface area (Å²) in [6.45, 7) is 0. The predicted octanol–water partition coefficient (Wildman–Crippen LogP) is 2.95. The standard InChI is InChI=1S/C16H12F2N2O2/c17-7-1-2-8(10(18)5-7)9-6-11(16(19)21)20-15-13-4-3-12(22-13)14(9)15/h1-5,9,11,20H,6H2,(H2,19,21). The molecule has 4 rings (SSSR count). The summed E-state index contributed by atoms with van der Waals surface area (Å²) in [5, 5.41) is 3.05. The summed E-state index contributed by atoms with van der Waals surface area (Å²) >= 11 is 0. The molecule has 0 spiro atoms. The third-order valence-corrected chi connectivity index (χ3v) is 4.21. The molecule has 0 saturated carbocycles. The van der Waals surface area contributed by atoms with Gasteiger partial charge < -0.3 is 15.5 Å². The zero-order valence-electron chi connectivity index (χ0n) is 11.4. The van der Waals surface area contributed by atoms with Crippen molar-refractivity contribution in [3.05, 3.63) is 53.1 Å². The van der Waals surface area contributed by atoms with Crippen LogP contribution < -0.4 is 11.1 Å². The SMILES string of the molecule is NC(=O)C1CC(c2ccc(F)cc2F)c2c(c3ccc2o3)N1. The zero-order chi connectivity index (χ0) is 15.4. The van der Waals surface area contributed by atoms with Crippen LogP contribution in [0.15, 0.2) is 34.7 Å². The summed E-state index contributed by atoms with van der Waals surface area (Å²) in [5.74, 6) is -2.20. The number of nitrogens with one attached hydrogen (secondary N) is 1. The lowest BCUT2D eigenvalue weighted by Gasteiger charge is -2.30. The van der Waals surface area contributed by atoms with E-state index in [0.29, 0.717) is 28.8 Å². The third-order valence-electron chi connectivity index (χ3n) is 4.21. The summed E-state index contributed by atoms with van der Waals surface area (Å²) in [5.41, 5.74) is 8.42. The maximum Gasteiger partial charge on any atom is 0.239 e. The number of anilines is 1. The molecule has 4 nitrogen and oxygen atoms in total. The molecular weight excluding hydrogens is 290 g/mol. The van der Waals surface area contributed by atoms with Crippen LogP contribution >= 0.6 is 0 Å². The van der Waals surface area contributed by atoms with Gasteiger partial charge in [-0.15, -0.1) is 0 Å². The van der Waals surface area contributed by atoms with E-state index in [9.17, 15) is 13.6 Å². The molecule has 2 aromatic heterocycles. The van der Waals surface area contributed by atoms with Crippen LogP contribution in [0.3, 0.4) is 0 Å². The van der Waals surface area contributed by atoms with Gasteiger partial charge in [-0.3, -0.25) is 4.79 Å². The Labute approximate surface area is 124 Å². The smallest absolute Gasteiger partial charge is 0.239 e. The van der Waals surface area contributed by atoms with Crippen molar-refractivity contribution >= 4 is 22.8 Å². The number of benzene rings is 2. The Bertz CT molecular complexity index is 874. The number of halogens is 2. The van der Waals surface area contributed by atoms with Gasteiger partial charge in [0, 0.05) is 17.5 Å². The number of rotatable bonds is 2. The zero-order valence-corrected chi connectivity index (χ0v) is 11.4. The number of amides is 1. The van der Waals surface area contributed by atoms with Crippen molar-refractivity contribution in [3.8, 4) is 0 Å². The number of carbonyl (C=O) groups is 1. The van der Waals surface area contributed by atoms with Gasteiger partial charge in [-0.05, 0) is 30.2 Å². The minimum atomic E-state index is -0.640. The lowest BCUT2D eigenvalue weighted by Crippen LogP contribution is -2.39. The van der Waals surface area contributed by atoms with Crippen LogP contribution in [0, 0.1) is 11.6 Å². The minimum absolute atomic E-state index is 0.296. The van der Waals surface area contributed by atoms with E-state index in [-0.39, 0.29) is 0 Å². The van der Waals surface area contributed by atoms with E-state index in [1.165, 1.54) is 12.1 Å². The predicted molar refractivity (Wildman–Crippen MR) is 76.8 cm³/mol. The highest BCUT2D eigenvalue weighted by atomic mass is 19.1. The second-order valence-corrected chi connectivity index (χ2v) is 5.51. The van der Waals surface area contributed by atoms with Crippen LogP contribution in [-0.4, -0.2) is 11.9 Å². The topological polar surface area (TPSA) is 68.3 Å². The van der Waals surface area contributed by atoms with Gasteiger partial charge in [0.15, 0.2) is 5.58 Å². The Morgan fingerprint density at radius 2 is 2.00 bits per heavy atom. The van der Waals surface area contributed by atoms with Crippen molar-refractivity contribution in [3.63, 3.8) is 0 Å². The number of primary amides is 1. The monoisotopic (exact) mass is 302 g/mol. The van der Waals surface area contributed by atoms with Gasteiger partial charge in [0.1, 0.15) is 23.3 Å². The van der Waals surface area contributed by atoms with Crippen molar-refractivity contribution < 1.29 is 18.0 Å². The third kappa shape index (κ3) is 1.76. The highest BCUT2D eigenvalue weighted by Crippen LogP contribution is 2.47. The van der Waals surface area contributed by atoms with Crippen LogP contribution in [0.5, 0.6) is 0 Å². The second-order valence-electron chi connectivity index (χ2n) is 5.51. The fourth-order valence-electron chi connectivity index (χ4n) is 3.21. The Hall–Kier alpha value is -2.63. The fourth-order valence-corrected chi connectivity index (χ4v) is 3.21. The quantitative estimate of drug-likeness (QED) is 0.764. The molecule has 1 aromatic carbocycles. The number of furan rings is 2. The van der Waals surface area contributed by atoms with E-state index in [2.05, 4.69) is 5.32 Å². The lowest BCUT2D eigenvalue weighted by molar-refractivity contribution is -0.119. The average molecular weight is 302 g/mol. The van der Waals surface area contributed by atoms with Gasteiger partial charge >= 0.3 is 0 Å². The Balaban J connectivity index is 1.89. The van der Waals surface area contributed by atoms with E-state index >= 15 is 0 Å². The molecule has 0 aliphatic carbocycles. The summed E-state index contributed by atoms with van der Waals surface area (Å²) in [6, 6.07) is 6.42. The van der Waals surface area contributed by atoms with Crippen LogP contribution in [0.25, 0.3) is 11.2 Å². The molecule has 0 fully saturated rings. The maximum atomic E-state index is 14.2. The molecule has 6 heteroatoms. The number of fused-ring (bicyclic) bond motifs is 5. The van der Waals surface area contributed by atoms with E-state index in [4.69, 9.17) is 10.2 Å². The van der Waals surface area contributed by atoms with Crippen molar-refractivity contribution in [2.24, 2.45) is 5.73 Å². The van der Waals surface area contributed by atoms with E-state index in [1.807, 2.05) is 0 Å². The van der Waals surface area contributed by atoms with E-state index in [0.717, 1.165) is 11.6 Å².